The summed E-state index contributed by atoms with van der Waals surface area (Å²) in [7, 11) is -3.49. The smallest absolute Gasteiger partial charge is 0.243 e. The first-order chi connectivity index (χ1) is 15.4. The third kappa shape index (κ3) is 4.88. The molecule has 10 heteroatoms. The van der Waals surface area contributed by atoms with Crippen LogP contribution in [0.3, 0.4) is 0 Å². The first kappa shape index (κ1) is 22.9. The minimum absolute atomic E-state index is 0.188. The lowest BCUT2D eigenvalue weighted by Crippen LogP contribution is -2.49. The van der Waals surface area contributed by atoms with Gasteiger partial charge in [0.05, 0.1) is 11.5 Å². The van der Waals surface area contributed by atoms with Gasteiger partial charge in [0.2, 0.25) is 10.0 Å². The fourth-order valence-electron chi connectivity index (χ4n) is 4.18. The molecule has 2 fully saturated rings. The van der Waals surface area contributed by atoms with Gasteiger partial charge in [0.15, 0.2) is 11.6 Å². The van der Waals surface area contributed by atoms with E-state index in [1.54, 1.807) is 16.4 Å². The van der Waals surface area contributed by atoms with Crippen LogP contribution >= 0.6 is 0 Å². The highest BCUT2D eigenvalue weighted by Gasteiger charge is 2.29. The number of rotatable bonds is 6. The zero-order valence-electron chi connectivity index (χ0n) is 18.8. The highest BCUT2D eigenvalue weighted by molar-refractivity contribution is 7.89. The first-order valence-corrected chi connectivity index (χ1v) is 12.6. The van der Waals surface area contributed by atoms with Crippen molar-refractivity contribution in [2.75, 3.05) is 75.3 Å². The largest absolute Gasteiger partial charge is 0.395 e. The van der Waals surface area contributed by atoms with E-state index in [1.165, 1.54) is 0 Å². The van der Waals surface area contributed by atoms with Gasteiger partial charge in [-0.15, -0.1) is 10.2 Å². The van der Waals surface area contributed by atoms with Gasteiger partial charge >= 0.3 is 0 Å². The summed E-state index contributed by atoms with van der Waals surface area (Å²) < 4.78 is 27.6. The monoisotopic (exact) mass is 460 g/mol. The second-order valence-corrected chi connectivity index (χ2v) is 10.4. The number of aliphatic hydroxyl groups excluding tert-OH is 1. The summed E-state index contributed by atoms with van der Waals surface area (Å²) in [6.07, 6.45) is 0. The second kappa shape index (κ2) is 9.70. The number of aromatic nitrogens is 2. The molecule has 9 nitrogen and oxygen atoms in total. The Kier molecular flexibility index (Phi) is 6.94. The van der Waals surface area contributed by atoms with E-state index in [0.29, 0.717) is 37.6 Å². The van der Waals surface area contributed by atoms with Crippen molar-refractivity contribution >= 4 is 21.7 Å². The molecule has 0 radical (unpaired) electrons. The number of benzene rings is 1. The molecule has 4 rings (SSSR count). The maximum atomic E-state index is 13.0. The summed E-state index contributed by atoms with van der Waals surface area (Å²) in [6.45, 7) is 10.4. The Bertz CT molecular complexity index is 1010. The maximum absolute atomic E-state index is 13.0. The number of anilines is 2. The van der Waals surface area contributed by atoms with Crippen LogP contribution in [0, 0.1) is 13.8 Å². The Morgan fingerprint density at radius 3 is 1.88 bits per heavy atom. The molecule has 0 atom stereocenters. The van der Waals surface area contributed by atoms with Gasteiger partial charge in [-0.25, -0.2) is 8.42 Å². The molecule has 2 aliphatic heterocycles. The molecular formula is C22H32N6O3S. The minimum atomic E-state index is -3.49. The molecule has 0 unspecified atom stereocenters. The third-order valence-electron chi connectivity index (χ3n) is 6.43. The Hall–Kier alpha value is -2.27. The molecule has 2 aromatic rings. The van der Waals surface area contributed by atoms with Crippen molar-refractivity contribution in [3.63, 3.8) is 0 Å². The molecule has 1 aromatic carbocycles. The molecule has 0 spiro atoms. The number of aryl methyl sites for hydroxylation is 2. The molecule has 3 heterocycles. The normalized spacial score (nSPS) is 18.8. The Labute approximate surface area is 190 Å². The fourth-order valence-corrected chi connectivity index (χ4v) is 5.69. The molecule has 1 aromatic heterocycles. The molecule has 2 aliphatic rings. The zero-order chi connectivity index (χ0) is 22.7. The lowest BCUT2D eigenvalue weighted by molar-refractivity contribution is 0.188. The Morgan fingerprint density at radius 2 is 1.38 bits per heavy atom. The minimum Gasteiger partial charge on any atom is -0.395 e. The zero-order valence-corrected chi connectivity index (χ0v) is 19.6. The van der Waals surface area contributed by atoms with Crippen LogP contribution in [0.2, 0.25) is 0 Å². The second-order valence-electron chi connectivity index (χ2n) is 8.44. The van der Waals surface area contributed by atoms with Crippen LogP contribution < -0.4 is 9.80 Å². The average Bonchev–Trinajstić information content (AvgIpc) is 2.82. The van der Waals surface area contributed by atoms with Gasteiger partial charge in [0.1, 0.15) is 0 Å². The summed E-state index contributed by atoms with van der Waals surface area (Å²) in [5, 5.41) is 17.9. The van der Waals surface area contributed by atoms with Gasteiger partial charge in [0.25, 0.3) is 0 Å². The highest BCUT2D eigenvalue weighted by Crippen LogP contribution is 2.23. The van der Waals surface area contributed by atoms with Crippen LogP contribution in [0.4, 0.5) is 11.6 Å². The lowest BCUT2D eigenvalue weighted by atomic mass is 10.1. The van der Waals surface area contributed by atoms with Crippen molar-refractivity contribution in [1.82, 2.24) is 19.4 Å². The summed E-state index contributed by atoms with van der Waals surface area (Å²) in [4.78, 5) is 6.89. The van der Waals surface area contributed by atoms with E-state index in [1.807, 2.05) is 32.0 Å². The summed E-state index contributed by atoms with van der Waals surface area (Å²) in [6, 6.07) is 9.27. The standard InChI is InChI=1S/C22H32N6O3S/c1-18-3-4-20(17-19(18)2)32(30,31)28-13-11-27(12-14-28)22-6-5-21(23-24-22)26-9-7-25(8-10-26)15-16-29/h3-6,17,29H,7-16H2,1-2H3. The topological polar surface area (TPSA) is 93.1 Å². The number of β-amino-alcohol motifs (C(OH)–C–C–N with tert-alkyl or cyclic N) is 1. The quantitative estimate of drug-likeness (QED) is 0.674. The van der Waals surface area contributed by atoms with Crippen molar-refractivity contribution < 1.29 is 13.5 Å². The van der Waals surface area contributed by atoms with Crippen LogP contribution in [0.5, 0.6) is 0 Å². The average molecular weight is 461 g/mol. The van der Waals surface area contributed by atoms with E-state index in [9.17, 15) is 8.42 Å². The molecule has 1 N–H and O–H groups in total. The lowest BCUT2D eigenvalue weighted by Gasteiger charge is -2.36. The molecule has 32 heavy (non-hydrogen) atoms. The van der Waals surface area contributed by atoms with Crippen LogP contribution in [0.25, 0.3) is 0 Å². The van der Waals surface area contributed by atoms with E-state index in [2.05, 4.69) is 24.9 Å². The molecular weight excluding hydrogens is 428 g/mol. The number of aliphatic hydroxyl groups is 1. The predicted octanol–water partition coefficient (Wildman–Crippen LogP) is 0.719. The number of piperazine rings is 2. The molecule has 174 valence electrons. The van der Waals surface area contributed by atoms with Crippen molar-refractivity contribution in [2.24, 2.45) is 0 Å². The van der Waals surface area contributed by atoms with E-state index in [-0.39, 0.29) is 6.61 Å². The van der Waals surface area contributed by atoms with Crippen LogP contribution in [-0.2, 0) is 10.0 Å². The predicted molar refractivity (Wildman–Crippen MR) is 125 cm³/mol. The molecule has 0 aliphatic carbocycles. The fraction of sp³-hybridized carbons (Fsp3) is 0.545. The first-order valence-electron chi connectivity index (χ1n) is 11.1. The Balaban J connectivity index is 1.35. The highest BCUT2D eigenvalue weighted by atomic mass is 32.2. The van der Waals surface area contributed by atoms with Crippen molar-refractivity contribution in [1.29, 1.82) is 0 Å². The van der Waals surface area contributed by atoms with Gasteiger partial charge in [-0.2, -0.15) is 4.31 Å². The van der Waals surface area contributed by atoms with Gasteiger partial charge < -0.3 is 14.9 Å². The van der Waals surface area contributed by atoms with Gasteiger partial charge in [-0.3, -0.25) is 4.90 Å². The summed E-state index contributed by atoms with van der Waals surface area (Å²) in [5.41, 5.74) is 2.07. The third-order valence-corrected chi connectivity index (χ3v) is 8.32. The summed E-state index contributed by atoms with van der Waals surface area (Å²) in [5.74, 6) is 1.63. The molecule has 2 saturated heterocycles. The van der Waals surface area contributed by atoms with E-state index in [0.717, 1.165) is 48.9 Å². The van der Waals surface area contributed by atoms with Crippen molar-refractivity contribution in [3.8, 4) is 0 Å². The van der Waals surface area contributed by atoms with Gasteiger partial charge in [-0.05, 0) is 49.2 Å². The van der Waals surface area contributed by atoms with E-state index >= 15 is 0 Å². The number of hydrogen-bond acceptors (Lipinski definition) is 8. The molecule has 0 bridgehead atoms. The van der Waals surface area contributed by atoms with Crippen molar-refractivity contribution in [3.05, 3.63) is 41.5 Å². The SMILES string of the molecule is Cc1ccc(S(=O)(=O)N2CCN(c3ccc(N4CCN(CCO)CC4)nn3)CC2)cc1C. The van der Waals surface area contributed by atoms with Crippen LogP contribution in [0.1, 0.15) is 11.1 Å². The van der Waals surface area contributed by atoms with E-state index < -0.39 is 10.0 Å². The van der Waals surface area contributed by atoms with Gasteiger partial charge in [-0.1, -0.05) is 6.07 Å². The van der Waals surface area contributed by atoms with E-state index in [4.69, 9.17) is 5.11 Å². The molecule has 0 saturated carbocycles. The van der Waals surface area contributed by atoms with Crippen LogP contribution in [-0.4, -0.2) is 98.4 Å². The molecule has 0 amide bonds. The summed E-state index contributed by atoms with van der Waals surface area (Å²) >= 11 is 0. The number of sulfonamides is 1. The number of nitrogens with zero attached hydrogens (tertiary/aromatic N) is 6. The van der Waals surface area contributed by atoms with Crippen LogP contribution in [0.15, 0.2) is 35.2 Å². The maximum Gasteiger partial charge on any atom is 0.243 e. The number of hydrogen-bond donors (Lipinski definition) is 1. The van der Waals surface area contributed by atoms with Crippen molar-refractivity contribution in [2.45, 2.75) is 18.7 Å². The van der Waals surface area contributed by atoms with Gasteiger partial charge in [0, 0.05) is 58.9 Å². The Morgan fingerprint density at radius 1 is 0.812 bits per heavy atom.